The van der Waals surface area contributed by atoms with Crippen LogP contribution in [0.3, 0.4) is 0 Å². The number of carbonyl (C=O) groups excluding carboxylic acids is 3. The van der Waals surface area contributed by atoms with E-state index in [4.69, 9.17) is 19.1 Å². The van der Waals surface area contributed by atoms with Gasteiger partial charge in [-0.2, -0.15) is 0 Å². The fourth-order valence-electron chi connectivity index (χ4n) is 5.93. The number of aliphatic hydroxyl groups is 3. The van der Waals surface area contributed by atoms with Crippen LogP contribution < -0.4 is 0 Å². The first-order chi connectivity index (χ1) is 25.9. The van der Waals surface area contributed by atoms with Crippen molar-refractivity contribution in [1.82, 2.24) is 0 Å². The van der Waals surface area contributed by atoms with Gasteiger partial charge >= 0.3 is 19.8 Å². The zero-order chi connectivity index (χ0) is 40.0. The van der Waals surface area contributed by atoms with E-state index in [2.05, 4.69) is 25.3 Å². The molecule has 0 saturated heterocycles. The lowest BCUT2D eigenvalue weighted by molar-refractivity contribution is -0.161. The SMILES string of the molecule is CCCCC[C@H](O)/C=C/[C@H]1C(=O)C=C[C@@H]1C/C=C\CCCC(=O)O[C@H](COC(=O)CCCCCCCCCCCC(C)C)COP(=O)(O)OC[C@@H](O)CO. The van der Waals surface area contributed by atoms with E-state index in [-0.39, 0.29) is 37.1 Å². The van der Waals surface area contributed by atoms with E-state index < -0.39 is 57.9 Å². The molecular weight excluding hydrogens is 715 g/mol. The van der Waals surface area contributed by atoms with Crippen LogP contribution >= 0.6 is 7.82 Å². The lowest BCUT2D eigenvalue weighted by Crippen LogP contribution is -2.29. The minimum Gasteiger partial charge on any atom is -0.462 e. The van der Waals surface area contributed by atoms with Crippen molar-refractivity contribution in [3.8, 4) is 0 Å². The summed E-state index contributed by atoms with van der Waals surface area (Å²) in [6.45, 7) is 4.31. The van der Waals surface area contributed by atoms with Gasteiger partial charge in [0.15, 0.2) is 11.9 Å². The summed E-state index contributed by atoms with van der Waals surface area (Å²) in [6, 6.07) is 0. The summed E-state index contributed by atoms with van der Waals surface area (Å²) in [6.07, 6.45) is 24.7. The van der Waals surface area contributed by atoms with Crippen LogP contribution in [0.2, 0.25) is 0 Å². The highest BCUT2D eigenvalue weighted by atomic mass is 31.2. The quantitative estimate of drug-likeness (QED) is 0.0215. The third kappa shape index (κ3) is 26.6. The molecule has 4 N–H and O–H groups in total. The summed E-state index contributed by atoms with van der Waals surface area (Å²) in [5, 5.41) is 28.5. The number of rotatable bonds is 34. The molecule has 0 heterocycles. The van der Waals surface area contributed by atoms with Crippen LogP contribution in [0.5, 0.6) is 0 Å². The number of carbonyl (C=O) groups is 3. The van der Waals surface area contributed by atoms with Crippen LogP contribution in [-0.4, -0.2) is 82.7 Å². The number of hydrogen-bond donors (Lipinski definition) is 4. The van der Waals surface area contributed by atoms with Gasteiger partial charge in [-0.25, -0.2) is 4.57 Å². The molecule has 12 nitrogen and oxygen atoms in total. The van der Waals surface area contributed by atoms with Gasteiger partial charge in [0.1, 0.15) is 12.7 Å². The van der Waals surface area contributed by atoms with Crippen LogP contribution in [0.25, 0.3) is 0 Å². The number of phosphoric acid groups is 1. The maximum absolute atomic E-state index is 12.7. The molecular formula is C41H71O12P. The minimum atomic E-state index is -4.67. The lowest BCUT2D eigenvalue weighted by atomic mass is 9.90. The molecule has 0 amide bonds. The van der Waals surface area contributed by atoms with Crippen LogP contribution in [0.15, 0.2) is 36.5 Å². The molecule has 1 aliphatic carbocycles. The predicted molar refractivity (Wildman–Crippen MR) is 209 cm³/mol. The Kier molecular flexibility index (Phi) is 28.6. The molecule has 0 radical (unpaired) electrons. The highest BCUT2D eigenvalue weighted by Crippen LogP contribution is 2.43. The summed E-state index contributed by atoms with van der Waals surface area (Å²) in [4.78, 5) is 47.4. The van der Waals surface area contributed by atoms with Crippen molar-refractivity contribution in [1.29, 1.82) is 0 Å². The van der Waals surface area contributed by atoms with Gasteiger partial charge in [0, 0.05) is 18.8 Å². The molecule has 0 aromatic heterocycles. The highest BCUT2D eigenvalue weighted by molar-refractivity contribution is 7.47. The Morgan fingerprint density at radius 3 is 2.13 bits per heavy atom. The van der Waals surface area contributed by atoms with E-state index in [0.717, 1.165) is 44.4 Å². The molecule has 312 valence electrons. The van der Waals surface area contributed by atoms with E-state index in [1.165, 1.54) is 38.5 Å². The van der Waals surface area contributed by atoms with Gasteiger partial charge in [-0.15, -0.1) is 0 Å². The van der Waals surface area contributed by atoms with Gasteiger partial charge < -0.3 is 29.7 Å². The Morgan fingerprint density at radius 2 is 1.46 bits per heavy atom. The molecule has 0 spiro atoms. The first kappa shape index (κ1) is 49.8. The average molecular weight is 787 g/mol. The summed E-state index contributed by atoms with van der Waals surface area (Å²) in [5.74, 6) is -0.600. The van der Waals surface area contributed by atoms with Gasteiger partial charge in [-0.1, -0.05) is 128 Å². The summed E-state index contributed by atoms with van der Waals surface area (Å²) in [7, 11) is -4.67. The highest BCUT2D eigenvalue weighted by Gasteiger charge is 2.28. The Bertz CT molecular complexity index is 1150. The summed E-state index contributed by atoms with van der Waals surface area (Å²) >= 11 is 0. The first-order valence-electron chi connectivity index (χ1n) is 20.4. The maximum atomic E-state index is 12.7. The topological polar surface area (TPSA) is 186 Å². The molecule has 54 heavy (non-hydrogen) atoms. The van der Waals surface area contributed by atoms with Gasteiger partial charge in [0.2, 0.25) is 0 Å². The maximum Gasteiger partial charge on any atom is 0.472 e. The molecule has 6 atom stereocenters. The van der Waals surface area contributed by atoms with Crippen LogP contribution in [0.4, 0.5) is 0 Å². The van der Waals surface area contributed by atoms with Crippen molar-refractivity contribution in [2.45, 2.75) is 161 Å². The van der Waals surface area contributed by atoms with Crippen molar-refractivity contribution in [2.75, 3.05) is 26.4 Å². The van der Waals surface area contributed by atoms with Gasteiger partial charge in [-0.05, 0) is 50.0 Å². The fraction of sp³-hybridized carbons (Fsp3) is 0.780. The molecule has 0 bridgehead atoms. The predicted octanol–water partition coefficient (Wildman–Crippen LogP) is 7.86. The normalized spacial score (nSPS) is 18.8. The van der Waals surface area contributed by atoms with E-state index in [0.29, 0.717) is 32.1 Å². The largest absolute Gasteiger partial charge is 0.472 e. The number of unbranched alkanes of at least 4 members (excludes halogenated alkanes) is 11. The smallest absolute Gasteiger partial charge is 0.462 e. The van der Waals surface area contributed by atoms with Crippen LogP contribution in [-0.2, 0) is 37.5 Å². The van der Waals surface area contributed by atoms with Crippen molar-refractivity contribution in [3.63, 3.8) is 0 Å². The molecule has 0 aromatic carbocycles. The van der Waals surface area contributed by atoms with E-state index >= 15 is 0 Å². The number of ether oxygens (including phenoxy) is 2. The Morgan fingerprint density at radius 1 is 0.833 bits per heavy atom. The average Bonchev–Trinajstić information content (AvgIpc) is 3.49. The molecule has 0 aromatic rings. The molecule has 0 fully saturated rings. The number of ketones is 1. The van der Waals surface area contributed by atoms with Crippen LogP contribution in [0, 0.1) is 17.8 Å². The standard InChI is InChI=1S/C41H71O12P/c1-4-5-15-22-35(43)26-27-38-34(25-28-39(38)45)21-17-13-14-19-24-41(47)53-37(32-52-54(48,49)51-30-36(44)29-42)31-50-40(46)23-18-12-10-8-6-7-9-11-16-20-33(2)3/h13,17,25-28,33-38,42-44H,4-12,14-16,18-24,29-32H2,1-3H3,(H,48,49)/b17-13-,27-26+/t34-,35-,36-,37+,38+/m0/s1. The van der Waals surface area contributed by atoms with Gasteiger partial charge in [0.25, 0.3) is 0 Å². The van der Waals surface area contributed by atoms with Crippen molar-refractivity contribution >= 4 is 25.5 Å². The van der Waals surface area contributed by atoms with Gasteiger partial charge in [-0.3, -0.25) is 23.4 Å². The number of esters is 2. The van der Waals surface area contributed by atoms with Crippen LogP contribution in [0.1, 0.15) is 143 Å². The second-order valence-corrected chi connectivity index (χ2v) is 16.3. The van der Waals surface area contributed by atoms with Gasteiger partial charge in [0.05, 0.1) is 25.9 Å². The van der Waals surface area contributed by atoms with E-state index in [9.17, 15) is 34.1 Å². The zero-order valence-electron chi connectivity index (χ0n) is 33.2. The van der Waals surface area contributed by atoms with Crippen molar-refractivity contribution < 1.29 is 57.7 Å². The Labute approximate surface area is 324 Å². The van der Waals surface area contributed by atoms with Crippen molar-refractivity contribution in [2.24, 2.45) is 17.8 Å². The molecule has 0 saturated carbocycles. The second kappa shape index (κ2) is 31.0. The van der Waals surface area contributed by atoms with E-state index in [1.54, 1.807) is 12.2 Å². The minimum absolute atomic E-state index is 0.00113. The Hall–Kier alpha value is -2.18. The zero-order valence-corrected chi connectivity index (χ0v) is 34.1. The summed E-state index contributed by atoms with van der Waals surface area (Å²) in [5.41, 5.74) is 0. The molecule has 13 heteroatoms. The number of aliphatic hydroxyl groups excluding tert-OH is 3. The van der Waals surface area contributed by atoms with E-state index in [1.807, 2.05) is 24.3 Å². The lowest BCUT2D eigenvalue weighted by Gasteiger charge is -2.20. The molecule has 1 aliphatic rings. The van der Waals surface area contributed by atoms with Crippen molar-refractivity contribution in [3.05, 3.63) is 36.5 Å². The molecule has 1 unspecified atom stereocenters. The second-order valence-electron chi connectivity index (χ2n) is 14.8. The molecule has 0 aliphatic heterocycles. The number of allylic oxidation sites excluding steroid dienone is 5. The fourth-order valence-corrected chi connectivity index (χ4v) is 6.72. The number of hydrogen-bond acceptors (Lipinski definition) is 11. The monoisotopic (exact) mass is 786 g/mol. The first-order valence-corrected chi connectivity index (χ1v) is 21.9. The number of phosphoric ester groups is 1. The molecule has 1 rings (SSSR count). The third-order valence-corrected chi connectivity index (χ3v) is 10.2. The summed E-state index contributed by atoms with van der Waals surface area (Å²) < 4.78 is 32.6. The Balaban J connectivity index is 2.49. The third-order valence-electron chi connectivity index (χ3n) is 9.22.